The highest BCUT2D eigenvalue weighted by molar-refractivity contribution is 5.63. The van der Waals surface area contributed by atoms with E-state index >= 15 is 0 Å². The molecule has 1 aromatic carbocycles. The summed E-state index contributed by atoms with van der Waals surface area (Å²) < 4.78 is 5.08. The van der Waals surface area contributed by atoms with Crippen LogP contribution in [0.25, 0.3) is 5.57 Å². The fraction of sp³-hybridized carbons (Fsp3) is 0.385. The molecule has 0 radical (unpaired) electrons. The molecule has 0 fully saturated rings. The third-order valence-corrected chi connectivity index (χ3v) is 2.38. The van der Waals surface area contributed by atoms with Gasteiger partial charge in [0, 0.05) is 6.61 Å². The fourth-order valence-corrected chi connectivity index (χ4v) is 1.42. The van der Waals surface area contributed by atoms with Gasteiger partial charge in [0.15, 0.2) is 0 Å². The summed E-state index contributed by atoms with van der Waals surface area (Å²) in [5.41, 5.74) is 2.26. The van der Waals surface area contributed by atoms with Crippen LogP contribution in [0.5, 0.6) is 5.75 Å². The van der Waals surface area contributed by atoms with Crippen molar-refractivity contribution in [3.8, 4) is 5.75 Å². The molecular formula is C13H18O2. The number of rotatable bonds is 6. The predicted octanol–water partition coefficient (Wildman–Crippen LogP) is 2.87. The Kier molecular flexibility index (Phi) is 4.91. The van der Waals surface area contributed by atoms with Gasteiger partial charge in [-0.25, -0.2) is 0 Å². The van der Waals surface area contributed by atoms with Crippen molar-refractivity contribution in [2.24, 2.45) is 0 Å². The Morgan fingerprint density at radius 2 is 1.93 bits per heavy atom. The molecule has 0 bridgehead atoms. The molecule has 0 heterocycles. The van der Waals surface area contributed by atoms with Crippen LogP contribution in [0.1, 0.15) is 24.8 Å². The number of benzene rings is 1. The molecule has 0 atom stereocenters. The van der Waals surface area contributed by atoms with Gasteiger partial charge in [-0.2, -0.15) is 0 Å². The summed E-state index contributed by atoms with van der Waals surface area (Å²) in [4.78, 5) is 0. The lowest BCUT2D eigenvalue weighted by Gasteiger charge is -2.06. The number of methoxy groups -OCH3 is 1. The van der Waals surface area contributed by atoms with Gasteiger partial charge in [0.05, 0.1) is 7.11 Å². The summed E-state index contributed by atoms with van der Waals surface area (Å²) in [5.74, 6) is 0.863. The number of aliphatic hydroxyl groups excluding tert-OH is 1. The molecule has 2 heteroatoms. The fourth-order valence-electron chi connectivity index (χ4n) is 1.42. The van der Waals surface area contributed by atoms with E-state index in [0.29, 0.717) is 0 Å². The van der Waals surface area contributed by atoms with Gasteiger partial charge >= 0.3 is 0 Å². The molecule has 0 aliphatic rings. The average Bonchev–Trinajstić information content (AvgIpc) is 2.29. The van der Waals surface area contributed by atoms with Crippen molar-refractivity contribution in [2.45, 2.75) is 19.3 Å². The zero-order valence-corrected chi connectivity index (χ0v) is 9.20. The van der Waals surface area contributed by atoms with E-state index in [0.717, 1.165) is 36.1 Å². The van der Waals surface area contributed by atoms with Crippen LogP contribution in [0.15, 0.2) is 30.8 Å². The highest BCUT2D eigenvalue weighted by Crippen LogP contribution is 2.21. The van der Waals surface area contributed by atoms with Crippen LogP contribution in [0.3, 0.4) is 0 Å². The van der Waals surface area contributed by atoms with Crippen LogP contribution >= 0.6 is 0 Å². The number of allylic oxidation sites excluding steroid dienone is 1. The van der Waals surface area contributed by atoms with E-state index in [1.165, 1.54) is 0 Å². The first-order chi connectivity index (χ1) is 7.27. The second-order valence-electron chi connectivity index (χ2n) is 3.51. The Balaban J connectivity index is 2.50. The van der Waals surface area contributed by atoms with Crippen LogP contribution in [0, 0.1) is 0 Å². The topological polar surface area (TPSA) is 29.5 Å². The first-order valence-electron chi connectivity index (χ1n) is 5.21. The lowest BCUT2D eigenvalue weighted by Crippen LogP contribution is -1.87. The molecule has 0 saturated carbocycles. The molecule has 0 aromatic heterocycles. The summed E-state index contributed by atoms with van der Waals surface area (Å²) in [5, 5.41) is 8.67. The van der Waals surface area contributed by atoms with E-state index in [1.54, 1.807) is 7.11 Å². The van der Waals surface area contributed by atoms with Crippen molar-refractivity contribution >= 4 is 5.57 Å². The number of ether oxygens (including phenoxy) is 1. The minimum absolute atomic E-state index is 0.260. The smallest absolute Gasteiger partial charge is 0.118 e. The molecule has 1 rings (SSSR count). The van der Waals surface area contributed by atoms with Crippen LogP contribution in [-0.2, 0) is 0 Å². The van der Waals surface area contributed by atoms with Crippen molar-refractivity contribution in [3.63, 3.8) is 0 Å². The van der Waals surface area contributed by atoms with Crippen molar-refractivity contribution < 1.29 is 9.84 Å². The monoisotopic (exact) mass is 206 g/mol. The second kappa shape index (κ2) is 6.25. The van der Waals surface area contributed by atoms with Gasteiger partial charge in [0.1, 0.15) is 5.75 Å². The van der Waals surface area contributed by atoms with Gasteiger partial charge in [-0.1, -0.05) is 18.7 Å². The highest BCUT2D eigenvalue weighted by Gasteiger charge is 1.99. The van der Waals surface area contributed by atoms with Crippen LogP contribution < -0.4 is 4.74 Å². The predicted molar refractivity (Wildman–Crippen MR) is 63.0 cm³/mol. The van der Waals surface area contributed by atoms with E-state index in [4.69, 9.17) is 9.84 Å². The maximum Gasteiger partial charge on any atom is 0.118 e. The van der Waals surface area contributed by atoms with Gasteiger partial charge in [-0.15, -0.1) is 0 Å². The Morgan fingerprint density at radius 3 is 2.47 bits per heavy atom. The van der Waals surface area contributed by atoms with Gasteiger partial charge in [-0.3, -0.25) is 0 Å². The SMILES string of the molecule is C=C(CCCCO)c1ccc(OC)cc1. The van der Waals surface area contributed by atoms with Gasteiger partial charge in [0.25, 0.3) is 0 Å². The Bertz CT molecular complexity index is 301. The summed E-state index contributed by atoms with van der Waals surface area (Å²) in [6.45, 7) is 4.29. The van der Waals surface area contributed by atoms with Crippen molar-refractivity contribution in [2.75, 3.05) is 13.7 Å². The minimum atomic E-state index is 0.260. The van der Waals surface area contributed by atoms with Gasteiger partial charge < -0.3 is 9.84 Å². The maximum atomic E-state index is 8.67. The molecule has 15 heavy (non-hydrogen) atoms. The first kappa shape index (κ1) is 11.8. The van der Waals surface area contributed by atoms with E-state index in [-0.39, 0.29) is 6.61 Å². The third kappa shape index (κ3) is 3.76. The van der Waals surface area contributed by atoms with Crippen LogP contribution in [0.2, 0.25) is 0 Å². The molecule has 0 aliphatic carbocycles. The summed E-state index contributed by atoms with van der Waals surface area (Å²) in [6.07, 6.45) is 2.77. The molecule has 2 nitrogen and oxygen atoms in total. The van der Waals surface area contributed by atoms with E-state index in [1.807, 2.05) is 24.3 Å². The number of hydrogen-bond acceptors (Lipinski definition) is 2. The van der Waals surface area contributed by atoms with Crippen LogP contribution in [0.4, 0.5) is 0 Å². The van der Waals surface area contributed by atoms with E-state index in [9.17, 15) is 0 Å². The standard InChI is InChI=1S/C13H18O2/c1-11(5-3-4-10-14)12-6-8-13(15-2)9-7-12/h6-9,14H,1,3-5,10H2,2H3. The first-order valence-corrected chi connectivity index (χ1v) is 5.21. The molecule has 82 valence electrons. The molecule has 0 aliphatic heterocycles. The molecule has 0 unspecified atom stereocenters. The second-order valence-corrected chi connectivity index (χ2v) is 3.51. The zero-order valence-electron chi connectivity index (χ0n) is 9.20. The summed E-state index contributed by atoms with van der Waals surface area (Å²) >= 11 is 0. The number of aliphatic hydroxyl groups is 1. The summed E-state index contributed by atoms with van der Waals surface area (Å²) in [7, 11) is 1.66. The van der Waals surface area contributed by atoms with Crippen molar-refractivity contribution in [1.29, 1.82) is 0 Å². The normalized spacial score (nSPS) is 10.0. The lowest BCUT2D eigenvalue weighted by atomic mass is 10.0. The number of hydrogen-bond donors (Lipinski definition) is 1. The van der Waals surface area contributed by atoms with Gasteiger partial charge in [0.2, 0.25) is 0 Å². The largest absolute Gasteiger partial charge is 0.497 e. The third-order valence-electron chi connectivity index (χ3n) is 2.38. The molecule has 0 saturated heterocycles. The molecular weight excluding hydrogens is 188 g/mol. The lowest BCUT2D eigenvalue weighted by molar-refractivity contribution is 0.285. The maximum absolute atomic E-state index is 8.67. The minimum Gasteiger partial charge on any atom is -0.497 e. The Hall–Kier alpha value is -1.28. The van der Waals surface area contributed by atoms with Crippen LogP contribution in [-0.4, -0.2) is 18.8 Å². The summed E-state index contributed by atoms with van der Waals surface area (Å²) in [6, 6.07) is 7.90. The highest BCUT2D eigenvalue weighted by atomic mass is 16.5. The average molecular weight is 206 g/mol. The molecule has 0 amide bonds. The van der Waals surface area contributed by atoms with E-state index in [2.05, 4.69) is 6.58 Å². The van der Waals surface area contributed by atoms with E-state index < -0.39 is 0 Å². The Morgan fingerprint density at radius 1 is 1.27 bits per heavy atom. The zero-order chi connectivity index (χ0) is 11.1. The van der Waals surface area contributed by atoms with Crippen molar-refractivity contribution in [3.05, 3.63) is 36.4 Å². The molecule has 1 aromatic rings. The molecule has 1 N–H and O–H groups in total. The van der Waals surface area contributed by atoms with Gasteiger partial charge in [-0.05, 0) is 42.5 Å². The Labute approximate surface area is 91.2 Å². The van der Waals surface area contributed by atoms with Crippen molar-refractivity contribution in [1.82, 2.24) is 0 Å². The number of unbranched alkanes of at least 4 members (excludes halogenated alkanes) is 1. The quantitative estimate of drug-likeness (QED) is 0.725. The molecule has 0 spiro atoms.